The summed E-state index contributed by atoms with van der Waals surface area (Å²) in [5.41, 5.74) is 1.18. The number of pyridine rings is 1. The Balaban J connectivity index is 1.97. The second kappa shape index (κ2) is 5.56. The highest BCUT2D eigenvalue weighted by atomic mass is 35.5. The number of carbonyl (C=O) groups excluding carboxylic acids is 1. The van der Waals surface area contributed by atoms with E-state index in [9.17, 15) is 4.79 Å². The van der Waals surface area contributed by atoms with Crippen LogP contribution in [-0.2, 0) is 0 Å². The number of nitrogens with one attached hydrogen (secondary N) is 1. The van der Waals surface area contributed by atoms with Crippen LogP contribution in [-0.4, -0.2) is 15.5 Å². The number of nitrogens with zero attached hydrogens (tertiary/aromatic N) is 2. The standard InChI is InChI=1S/C14H8Cl3N3O/c15-8-4-3-5-9(11(8)16)18-14(21)13-12(17)10-6-1-2-7-20(10)19-13/h1-7H,(H,18,21). The maximum atomic E-state index is 12.3. The summed E-state index contributed by atoms with van der Waals surface area (Å²) in [6.07, 6.45) is 1.71. The summed E-state index contributed by atoms with van der Waals surface area (Å²) in [4.78, 5) is 12.3. The molecule has 106 valence electrons. The predicted octanol–water partition coefficient (Wildman–Crippen LogP) is 4.55. The van der Waals surface area contributed by atoms with Crippen LogP contribution in [0.2, 0.25) is 15.1 Å². The smallest absolute Gasteiger partial charge is 0.277 e. The van der Waals surface area contributed by atoms with Gasteiger partial charge in [0, 0.05) is 6.20 Å². The third-order valence-electron chi connectivity index (χ3n) is 2.89. The van der Waals surface area contributed by atoms with E-state index < -0.39 is 5.91 Å². The van der Waals surface area contributed by atoms with Crippen molar-refractivity contribution in [2.24, 2.45) is 0 Å². The van der Waals surface area contributed by atoms with Crippen LogP contribution >= 0.6 is 34.8 Å². The molecule has 0 bridgehead atoms. The fourth-order valence-corrected chi connectivity index (χ4v) is 2.52. The Labute approximate surface area is 135 Å². The van der Waals surface area contributed by atoms with Crippen LogP contribution in [0.3, 0.4) is 0 Å². The van der Waals surface area contributed by atoms with E-state index in [-0.39, 0.29) is 15.7 Å². The minimum atomic E-state index is -0.451. The Morgan fingerprint density at radius 2 is 1.86 bits per heavy atom. The molecule has 3 aromatic rings. The maximum Gasteiger partial charge on any atom is 0.277 e. The zero-order chi connectivity index (χ0) is 15.0. The van der Waals surface area contributed by atoms with Gasteiger partial charge in [0.15, 0.2) is 5.69 Å². The topological polar surface area (TPSA) is 46.4 Å². The number of amides is 1. The molecule has 4 nitrogen and oxygen atoms in total. The third-order valence-corrected chi connectivity index (χ3v) is 4.09. The first-order chi connectivity index (χ1) is 10.1. The molecule has 7 heteroatoms. The Morgan fingerprint density at radius 1 is 1.05 bits per heavy atom. The molecule has 0 aliphatic heterocycles. The Kier molecular flexibility index (Phi) is 3.76. The number of anilines is 1. The quantitative estimate of drug-likeness (QED) is 0.744. The summed E-state index contributed by atoms with van der Waals surface area (Å²) >= 11 is 18.1. The molecule has 3 rings (SSSR count). The lowest BCUT2D eigenvalue weighted by molar-refractivity contribution is 0.102. The average Bonchev–Trinajstić information content (AvgIpc) is 2.82. The van der Waals surface area contributed by atoms with Crippen molar-refractivity contribution in [2.45, 2.75) is 0 Å². The molecular weight excluding hydrogens is 333 g/mol. The van der Waals surface area contributed by atoms with Crippen LogP contribution in [0.25, 0.3) is 5.52 Å². The molecule has 0 aliphatic carbocycles. The summed E-state index contributed by atoms with van der Waals surface area (Å²) in [5.74, 6) is -0.451. The van der Waals surface area contributed by atoms with Crippen molar-refractivity contribution >= 4 is 51.9 Å². The molecule has 0 saturated heterocycles. The van der Waals surface area contributed by atoms with Gasteiger partial charge in [0.2, 0.25) is 0 Å². The number of hydrogen-bond donors (Lipinski definition) is 1. The van der Waals surface area contributed by atoms with Crippen LogP contribution in [0.1, 0.15) is 10.5 Å². The fourth-order valence-electron chi connectivity index (χ4n) is 1.90. The Bertz CT molecular complexity index is 845. The monoisotopic (exact) mass is 339 g/mol. The summed E-state index contributed by atoms with van der Waals surface area (Å²) in [6.45, 7) is 0. The van der Waals surface area contributed by atoms with E-state index in [4.69, 9.17) is 34.8 Å². The normalized spacial score (nSPS) is 10.8. The molecule has 0 aliphatic rings. The molecule has 2 heterocycles. The highest BCUT2D eigenvalue weighted by Gasteiger charge is 2.19. The van der Waals surface area contributed by atoms with Gasteiger partial charge in [-0.3, -0.25) is 4.79 Å². The number of benzene rings is 1. The van der Waals surface area contributed by atoms with Crippen molar-refractivity contribution in [2.75, 3.05) is 5.32 Å². The van der Waals surface area contributed by atoms with E-state index in [2.05, 4.69) is 10.4 Å². The molecule has 2 aromatic heterocycles. The van der Waals surface area contributed by atoms with Crippen LogP contribution in [0.5, 0.6) is 0 Å². The van der Waals surface area contributed by atoms with Crippen molar-refractivity contribution in [1.29, 1.82) is 0 Å². The Hall–Kier alpha value is -1.75. The van der Waals surface area contributed by atoms with E-state index in [1.165, 1.54) is 4.52 Å². The summed E-state index contributed by atoms with van der Waals surface area (Å²) in [6, 6.07) is 10.4. The molecule has 0 saturated carbocycles. The van der Waals surface area contributed by atoms with Gasteiger partial charge in [0.05, 0.1) is 26.3 Å². The van der Waals surface area contributed by atoms with E-state index in [1.807, 2.05) is 6.07 Å². The van der Waals surface area contributed by atoms with Crippen molar-refractivity contribution in [3.8, 4) is 0 Å². The average molecular weight is 341 g/mol. The van der Waals surface area contributed by atoms with Gasteiger partial charge in [-0.2, -0.15) is 5.10 Å². The van der Waals surface area contributed by atoms with Crippen LogP contribution < -0.4 is 5.32 Å². The summed E-state index contributed by atoms with van der Waals surface area (Å²) in [7, 11) is 0. The SMILES string of the molecule is O=C(Nc1cccc(Cl)c1Cl)c1nn2ccccc2c1Cl. The van der Waals surface area contributed by atoms with Crippen LogP contribution in [0.4, 0.5) is 5.69 Å². The zero-order valence-corrected chi connectivity index (χ0v) is 12.7. The zero-order valence-electron chi connectivity index (χ0n) is 10.5. The van der Waals surface area contributed by atoms with E-state index >= 15 is 0 Å². The van der Waals surface area contributed by atoms with Gasteiger partial charge in [-0.15, -0.1) is 0 Å². The van der Waals surface area contributed by atoms with Gasteiger partial charge in [-0.25, -0.2) is 4.52 Å². The number of carbonyl (C=O) groups is 1. The number of fused-ring (bicyclic) bond motifs is 1. The molecule has 1 N–H and O–H groups in total. The van der Waals surface area contributed by atoms with Gasteiger partial charge in [0.1, 0.15) is 0 Å². The molecule has 0 unspecified atom stereocenters. The number of halogens is 3. The van der Waals surface area contributed by atoms with Gasteiger partial charge in [0.25, 0.3) is 5.91 Å². The van der Waals surface area contributed by atoms with E-state index in [0.717, 1.165) is 0 Å². The lowest BCUT2D eigenvalue weighted by Crippen LogP contribution is -2.13. The van der Waals surface area contributed by atoms with Gasteiger partial charge in [-0.05, 0) is 24.3 Å². The molecule has 0 fully saturated rings. The van der Waals surface area contributed by atoms with Gasteiger partial charge < -0.3 is 5.32 Å². The van der Waals surface area contributed by atoms with E-state index in [0.29, 0.717) is 16.2 Å². The minimum absolute atomic E-state index is 0.124. The number of aromatic nitrogens is 2. The first-order valence-corrected chi connectivity index (χ1v) is 7.09. The molecule has 1 aromatic carbocycles. The first-order valence-electron chi connectivity index (χ1n) is 5.96. The summed E-state index contributed by atoms with van der Waals surface area (Å²) in [5, 5.41) is 7.72. The molecule has 0 radical (unpaired) electrons. The second-order valence-corrected chi connectivity index (χ2v) is 5.41. The largest absolute Gasteiger partial charge is 0.319 e. The first kappa shape index (κ1) is 14.2. The highest BCUT2D eigenvalue weighted by molar-refractivity contribution is 6.44. The van der Waals surface area contributed by atoms with Crippen molar-refractivity contribution in [3.05, 3.63) is 63.4 Å². The van der Waals surface area contributed by atoms with Crippen molar-refractivity contribution in [3.63, 3.8) is 0 Å². The second-order valence-electron chi connectivity index (χ2n) is 4.25. The third kappa shape index (κ3) is 2.58. The van der Waals surface area contributed by atoms with Gasteiger partial charge in [-0.1, -0.05) is 46.9 Å². The molecule has 0 atom stereocenters. The number of hydrogen-bond acceptors (Lipinski definition) is 2. The summed E-state index contributed by atoms with van der Waals surface area (Å²) < 4.78 is 1.54. The maximum absolute atomic E-state index is 12.3. The lowest BCUT2D eigenvalue weighted by atomic mass is 10.3. The number of rotatable bonds is 2. The minimum Gasteiger partial charge on any atom is -0.319 e. The fraction of sp³-hybridized carbons (Fsp3) is 0. The molecule has 1 amide bonds. The van der Waals surface area contributed by atoms with Crippen LogP contribution in [0, 0.1) is 0 Å². The predicted molar refractivity (Wildman–Crippen MR) is 84.6 cm³/mol. The molecular formula is C14H8Cl3N3O. The highest BCUT2D eigenvalue weighted by Crippen LogP contribution is 2.30. The molecule has 21 heavy (non-hydrogen) atoms. The van der Waals surface area contributed by atoms with Crippen molar-refractivity contribution in [1.82, 2.24) is 9.61 Å². The van der Waals surface area contributed by atoms with Gasteiger partial charge >= 0.3 is 0 Å². The Morgan fingerprint density at radius 3 is 2.62 bits per heavy atom. The lowest BCUT2D eigenvalue weighted by Gasteiger charge is -2.06. The van der Waals surface area contributed by atoms with Crippen molar-refractivity contribution < 1.29 is 4.79 Å². The van der Waals surface area contributed by atoms with E-state index in [1.54, 1.807) is 36.5 Å². The molecule has 0 spiro atoms. The van der Waals surface area contributed by atoms with Crippen LogP contribution in [0.15, 0.2) is 42.6 Å².